The summed E-state index contributed by atoms with van der Waals surface area (Å²) in [5, 5.41) is 16.8. The standard InChI is InChI=1S/C11H12N5O2/c17-11-10(14-15-18-11)8-3-1-2-6-16(8)9-4-5-12-7-13-9/h4-5,8,17H,1-3,6H2. The van der Waals surface area contributed by atoms with Crippen molar-refractivity contribution in [1.29, 1.82) is 0 Å². The van der Waals surface area contributed by atoms with Crippen molar-refractivity contribution in [2.75, 3.05) is 11.4 Å². The second-order valence-electron chi connectivity index (χ2n) is 4.18. The average molecular weight is 246 g/mol. The van der Waals surface area contributed by atoms with E-state index >= 15 is 0 Å². The summed E-state index contributed by atoms with van der Waals surface area (Å²) < 4.78 is 4.63. The van der Waals surface area contributed by atoms with E-state index in [0.29, 0.717) is 5.69 Å². The van der Waals surface area contributed by atoms with Gasteiger partial charge in [0.2, 0.25) is 0 Å². The van der Waals surface area contributed by atoms with Gasteiger partial charge in [-0.1, -0.05) is 0 Å². The van der Waals surface area contributed by atoms with Crippen molar-refractivity contribution < 1.29 is 9.63 Å². The van der Waals surface area contributed by atoms with E-state index in [1.165, 1.54) is 0 Å². The molecule has 0 saturated carbocycles. The molecule has 0 aliphatic carbocycles. The third-order valence-electron chi connectivity index (χ3n) is 3.13. The highest BCUT2D eigenvalue weighted by Gasteiger charge is 2.30. The van der Waals surface area contributed by atoms with Crippen molar-refractivity contribution in [3.8, 4) is 5.95 Å². The van der Waals surface area contributed by atoms with Crippen molar-refractivity contribution in [2.45, 2.75) is 25.3 Å². The van der Waals surface area contributed by atoms with Gasteiger partial charge in [0.15, 0.2) is 12.0 Å². The number of anilines is 1. The molecule has 0 bridgehead atoms. The molecule has 1 unspecified atom stereocenters. The maximum Gasteiger partial charge on any atom is 0.335 e. The summed E-state index contributed by atoms with van der Waals surface area (Å²) >= 11 is 0. The minimum atomic E-state index is -0.218. The third kappa shape index (κ3) is 1.87. The van der Waals surface area contributed by atoms with Crippen molar-refractivity contribution in [3.63, 3.8) is 0 Å². The maximum absolute atomic E-state index is 9.61. The zero-order chi connectivity index (χ0) is 12.4. The molecule has 1 aliphatic rings. The van der Waals surface area contributed by atoms with E-state index in [9.17, 15) is 5.11 Å². The maximum atomic E-state index is 9.61. The van der Waals surface area contributed by atoms with E-state index in [1.54, 1.807) is 6.20 Å². The largest absolute Gasteiger partial charge is 0.478 e. The third-order valence-corrected chi connectivity index (χ3v) is 3.13. The Hall–Kier alpha value is -2.18. The van der Waals surface area contributed by atoms with Crippen LogP contribution in [0.1, 0.15) is 31.0 Å². The molecule has 1 saturated heterocycles. The van der Waals surface area contributed by atoms with Gasteiger partial charge in [0.25, 0.3) is 0 Å². The van der Waals surface area contributed by atoms with Crippen molar-refractivity contribution >= 4 is 5.82 Å². The summed E-state index contributed by atoms with van der Waals surface area (Å²) in [5.41, 5.74) is 0.466. The lowest BCUT2D eigenvalue weighted by Crippen LogP contribution is -2.34. The van der Waals surface area contributed by atoms with Crippen LogP contribution in [0.3, 0.4) is 0 Å². The molecule has 3 heterocycles. The fraction of sp³-hybridized carbons (Fsp3) is 0.455. The lowest BCUT2D eigenvalue weighted by atomic mass is 9.99. The molecule has 7 nitrogen and oxygen atoms in total. The Morgan fingerprint density at radius 2 is 2.39 bits per heavy atom. The molecule has 0 spiro atoms. The SMILES string of the molecule is Oc1onnc1C1CCCCN1c1ccn[c]n1. The van der Waals surface area contributed by atoms with Gasteiger partial charge in [-0.2, -0.15) is 0 Å². The number of hydrogen-bond donors (Lipinski definition) is 1. The zero-order valence-electron chi connectivity index (χ0n) is 9.65. The van der Waals surface area contributed by atoms with Crippen molar-refractivity contribution in [3.05, 3.63) is 24.3 Å². The lowest BCUT2D eigenvalue weighted by Gasteiger charge is -2.34. The molecule has 1 N–H and O–H groups in total. The Balaban J connectivity index is 1.94. The van der Waals surface area contributed by atoms with Gasteiger partial charge in [-0.05, 0) is 25.3 Å². The second-order valence-corrected chi connectivity index (χ2v) is 4.18. The lowest BCUT2D eigenvalue weighted by molar-refractivity contribution is 0.266. The van der Waals surface area contributed by atoms with Crippen LogP contribution < -0.4 is 4.90 Å². The number of aromatic hydroxyl groups is 1. The topological polar surface area (TPSA) is 88.2 Å². The van der Waals surface area contributed by atoms with Crippen LogP contribution in [0.4, 0.5) is 5.82 Å². The van der Waals surface area contributed by atoms with E-state index in [1.807, 2.05) is 6.07 Å². The monoisotopic (exact) mass is 246 g/mol. The normalized spacial score (nSPS) is 20.0. The molecular weight excluding hydrogens is 234 g/mol. The van der Waals surface area contributed by atoms with Crippen LogP contribution in [0, 0.1) is 6.33 Å². The van der Waals surface area contributed by atoms with E-state index in [0.717, 1.165) is 31.6 Å². The van der Waals surface area contributed by atoms with Gasteiger partial charge >= 0.3 is 5.95 Å². The fourth-order valence-corrected chi connectivity index (χ4v) is 2.31. The van der Waals surface area contributed by atoms with Gasteiger partial charge in [0.05, 0.1) is 6.04 Å². The summed E-state index contributed by atoms with van der Waals surface area (Å²) in [7, 11) is 0. The Morgan fingerprint density at radius 3 is 3.11 bits per heavy atom. The van der Waals surface area contributed by atoms with Gasteiger partial charge in [0.1, 0.15) is 5.82 Å². The highest BCUT2D eigenvalue weighted by atomic mass is 16.6. The minimum Gasteiger partial charge on any atom is -0.478 e. The van der Waals surface area contributed by atoms with Crippen molar-refractivity contribution in [1.82, 2.24) is 20.3 Å². The molecule has 7 heteroatoms. The van der Waals surface area contributed by atoms with Crippen LogP contribution in [0.15, 0.2) is 16.8 Å². The van der Waals surface area contributed by atoms with Crippen LogP contribution in [0.5, 0.6) is 5.95 Å². The summed E-state index contributed by atoms with van der Waals surface area (Å²) in [6, 6.07) is 1.76. The molecular formula is C11H12N5O2. The van der Waals surface area contributed by atoms with Gasteiger partial charge in [-0.3, -0.25) is 4.52 Å². The second kappa shape index (κ2) is 4.59. The Labute approximate surface area is 103 Å². The molecule has 3 rings (SSSR count). The summed E-state index contributed by atoms with van der Waals surface area (Å²) in [5.74, 6) is 0.557. The highest BCUT2D eigenvalue weighted by molar-refractivity contribution is 5.41. The summed E-state index contributed by atoms with van der Waals surface area (Å²) in [4.78, 5) is 9.98. The molecule has 93 valence electrons. The van der Waals surface area contributed by atoms with Gasteiger partial charge in [-0.25, -0.2) is 9.97 Å². The Kier molecular flexibility index (Phi) is 2.79. The van der Waals surface area contributed by atoms with Crippen molar-refractivity contribution in [2.24, 2.45) is 0 Å². The van der Waals surface area contributed by atoms with E-state index in [2.05, 4.69) is 36.1 Å². The van der Waals surface area contributed by atoms with Gasteiger partial charge < -0.3 is 10.0 Å². The molecule has 2 aromatic rings. The molecule has 0 aromatic carbocycles. The first kappa shape index (κ1) is 10.9. The first-order valence-corrected chi connectivity index (χ1v) is 5.83. The molecule has 2 aromatic heterocycles. The number of nitrogens with zero attached hydrogens (tertiary/aromatic N) is 5. The van der Waals surface area contributed by atoms with Crippen LogP contribution in [0.25, 0.3) is 0 Å². The molecule has 1 fully saturated rings. The molecule has 1 radical (unpaired) electrons. The molecule has 1 atom stereocenters. The average Bonchev–Trinajstić information content (AvgIpc) is 2.86. The zero-order valence-corrected chi connectivity index (χ0v) is 9.65. The number of hydrogen-bond acceptors (Lipinski definition) is 7. The predicted molar refractivity (Wildman–Crippen MR) is 60.8 cm³/mol. The van der Waals surface area contributed by atoms with Crippen LogP contribution in [0.2, 0.25) is 0 Å². The molecule has 18 heavy (non-hydrogen) atoms. The summed E-state index contributed by atoms with van der Waals surface area (Å²) in [6.07, 6.45) is 7.25. The molecule has 0 amide bonds. The first-order valence-electron chi connectivity index (χ1n) is 5.83. The Bertz CT molecular complexity index is 515. The van der Waals surface area contributed by atoms with E-state index < -0.39 is 0 Å². The first-order chi connectivity index (χ1) is 8.86. The smallest absolute Gasteiger partial charge is 0.335 e. The Morgan fingerprint density at radius 1 is 1.44 bits per heavy atom. The minimum absolute atomic E-state index is 0.0618. The number of aromatic nitrogens is 4. The van der Waals surface area contributed by atoms with Crippen LogP contribution in [-0.4, -0.2) is 32.0 Å². The molecule has 1 aliphatic heterocycles. The highest BCUT2D eigenvalue weighted by Crippen LogP contribution is 2.36. The predicted octanol–water partition coefficient (Wildman–Crippen LogP) is 1.10. The van der Waals surface area contributed by atoms with Gasteiger partial charge in [-0.15, -0.1) is 5.10 Å². The van der Waals surface area contributed by atoms with E-state index in [-0.39, 0.29) is 12.0 Å². The van der Waals surface area contributed by atoms with E-state index in [4.69, 9.17) is 0 Å². The number of piperidine rings is 1. The van der Waals surface area contributed by atoms with Crippen LogP contribution >= 0.6 is 0 Å². The van der Waals surface area contributed by atoms with Crippen LogP contribution in [-0.2, 0) is 0 Å². The fourth-order valence-electron chi connectivity index (χ4n) is 2.31. The summed E-state index contributed by atoms with van der Waals surface area (Å²) in [6.45, 7) is 0.849. The van der Waals surface area contributed by atoms with Gasteiger partial charge in [0, 0.05) is 18.0 Å². The number of rotatable bonds is 2. The quantitative estimate of drug-likeness (QED) is 0.848.